The molecule has 0 atom stereocenters. The largest absolute Gasteiger partial charge is 0.338 e. The lowest BCUT2D eigenvalue weighted by Gasteiger charge is -2.31. The van der Waals surface area contributed by atoms with Gasteiger partial charge in [0.2, 0.25) is 0 Å². The van der Waals surface area contributed by atoms with Crippen LogP contribution in [-0.4, -0.2) is 42.5 Å². The highest BCUT2D eigenvalue weighted by atomic mass is 16.2. The first kappa shape index (κ1) is 18.7. The second-order valence-corrected chi connectivity index (χ2v) is 7.91. The fourth-order valence-corrected chi connectivity index (χ4v) is 3.91. The number of amides is 3. The van der Waals surface area contributed by atoms with Gasteiger partial charge in [-0.2, -0.15) is 0 Å². The third-order valence-corrected chi connectivity index (χ3v) is 5.46. The first-order chi connectivity index (χ1) is 12.6. The summed E-state index contributed by atoms with van der Waals surface area (Å²) in [5.41, 5.74) is 1.50. The third kappa shape index (κ3) is 4.37. The molecule has 1 aromatic carbocycles. The van der Waals surface area contributed by atoms with Crippen molar-refractivity contribution in [2.75, 3.05) is 24.5 Å². The molecule has 142 valence electrons. The molecular weight excluding hydrogens is 326 g/mol. The zero-order chi connectivity index (χ0) is 18.5. The molecule has 3 amide bonds. The summed E-state index contributed by atoms with van der Waals surface area (Å²) < 4.78 is 0. The van der Waals surface area contributed by atoms with E-state index in [1.165, 1.54) is 12.8 Å². The van der Waals surface area contributed by atoms with Gasteiger partial charge < -0.3 is 10.2 Å². The van der Waals surface area contributed by atoms with Crippen LogP contribution >= 0.6 is 0 Å². The van der Waals surface area contributed by atoms with Crippen LogP contribution in [0.2, 0.25) is 0 Å². The van der Waals surface area contributed by atoms with Crippen molar-refractivity contribution >= 4 is 17.6 Å². The molecule has 0 bridgehead atoms. The van der Waals surface area contributed by atoms with Crippen LogP contribution < -0.4 is 10.2 Å². The molecule has 5 nitrogen and oxygen atoms in total. The van der Waals surface area contributed by atoms with Crippen LogP contribution in [0.5, 0.6) is 0 Å². The molecule has 2 aliphatic rings. The molecule has 1 N–H and O–H groups in total. The van der Waals surface area contributed by atoms with Gasteiger partial charge >= 0.3 is 6.03 Å². The van der Waals surface area contributed by atoms with E-state index in [2.05, 4.69) is 24.1 Å². The Kier molecular flexibility index (Phi) is 6.17. The van der Waals surface area contributed by atoms with Crippen LogP contribution in [0.3, 0.4) is 0 Å². The highest BCUT2D eigenvalue weighted by molar-refractivity contribution is 5.98. The van der Waals surface area contributed by atoms with Crippen LogP contribution in [0.25, 0.3) is 0 Å². The summed E-state index contributed by atoms with van der Waals surface area (Å²) in [7, 11) is 0. The second kappa shape index (κ2) is 8.56. The van der Waals surface area contributed by atoms with Crippen molar-refractivity contribution in [1.29, 1.82) is 0 Å². The maximum Gasteiger partial charge on any atom is 0.321 e. The number of carbonyl (C=O) groups is 2. The van der Waals surface area contributed by atoms with Gasteiger partial charge in [-0.3, -0.25) is 9.69 Å². The fourth-order valence-electron chi connectivity index (χ4n) is 3.91. The first-order valence-corrected chi connectivity index (χ1v) is 10.0. The molecule has 0 aromatic heterocycles. The van der Waals surface area contributed by atoms with Gasteiger partial charge in [-0.15, -0.1) is 0 Å². The molecular formula is C21H31N3O2. The quantitative estimate of drug-likeness (QED) is 0.835. The van der Waals surface area contributed by atoms with Crippen molar-refractivity contribution < 1.29 is 9.59 Å². The molecule has 1 aromatic rings. The van der Waals surface area contributed by atoms with E-state index in [1.54, 1.807) is 4.90 Å². The molecule has 0 spiro atoms. The van der Waals surface area contributed by atoms with Gasteiger partial charge in [-0.05, 0) is 49.8 Å². The van der Waals surface area contributed by atoms with E-state index in [4.69, 9.17) is 0 Å². The minimum Gasteiger partial charge on any atom is -0.338 e. The highest BCUT2D eigenvalue weighted by Crippen LogP contribution is 2.27. The van der Waals surface area contributed by atoms with Crippen molar-refractivity contribution in [2.24, 2.45) is 5.92 Å². The molecule has 1 heterocycles. The average molecular weight is 357 g/mol. The van der Waals surface area contributed by atoms with E-state index in [1.807, 2.05) is 24.3 Å². The molecule has 26 heavy (non-hydrogen) atoms. The number of rotatable bonds is 6. The Morgan fingerprint density at radius 2 is 2.04 bits per heavy atom. The van der Waals surface area contributed by atoms with E-state index in [0.717, 1.165) is 44.5 Å². The zero-order valence-corrected chi connectivity index (χ0v) is 16.0. The predicted molar refractivity (Wildman–Crippen MR) is 105 cm³/mol. The Morgan fingerprint density at radius 3 is 2.73 bits per heavy atom. The van der Waals surface area contributed by atoms with E-state index < -0.39 is 0 Å². The number of urea groups is 1. The number of hydrogen-bond donors (Lipinski definition) is 1. The standard InChI is InChI=1S/C21H31N3O2/c1-16(2)11-14-23(18-8-3-4-9-18)20(25)17-7-5-10-19(15-17)24-13-6-12-22-21(24)26/h5,7,10,15-16,18H,3-4,6,8-9,11-14H2,1-2H3,(H,22,26). The monoisotopic (exact) mass is 357 g/mol. The molecule has 0 unspecified atom stereocenters. The van der Waals surface area contributed by atoms with Gasteiger partial charge in [-0.1, -0.05) is 32.8 Å². The molecule has 5 heteroatoms. The summed E-state index contributed by atoms with van der Waals surface area (Å²) >= 11 is 0. The first-order valence-electron chi connectivity index (χ1n) is 10.0. The van der Waals surface area contributed by atoms with Crippen LogP contribution in [0.4, 0.5) is 10.5 Å². The minimum absolute atomic E-state index is 0.0756. The maximum atomic E-state index is 13.3. The molecule has 1 aliphatic carbocycles. The molecule has 1 saturated carbocycles. The Labute approximate surface area is 156 Å². The summed E-state index contributed by atoms with van der Waals surface area (Å²) in [6, 6.07) is 7.85. The van der Waals surface area contributed by atoms with Gasteiger partial charge in [-0.25, -0.2) is 4.79 Å². The molecule has 0 radical (unpaired) electrons. The second-order valence-electron chi connectivity index (χ2n) is 7.91. The van der Waals surface area contributed by atoms with E-state index >= 15 is 0 Å². The number of nitrogens with zero attached hydrogens (tertiary/aromatic N) is 2. The molecule has 1 saturated heterocycles. The van der Waals surface area contributed by atoms with Crippen molar-refractivity contribution in [3.8, 4) is 0 Å². The zero-order valence-electron chi connectivity index (χ0n) is 16.0. The summed E-state index contributed by atoms with van der Waals surface area (Å²) in [6.45, 7) is 6.64. The topological polar surface area (TPSA) is 52.7 Å². The number of hydrogen-bond acceptors (Lipinski definition) is 2. The lowest BCUT2D eigenvalue weighted by Crippen LogP contribution is -2.46. The van der Waals surface area contributed by atoms with E-state index in [-0.39, 0.29) is 11.9 Å². The summed E-state index contributed by atoms with van der Waals surface area (Å²) in [6.07, 6.45) is 6.59. The lowest BCUT2D eigenvalue weighted by molar-refractivity contribution is 0.0672. The number of anilines is 1. The van der Waals surface area contributed by atoms with Gasteiger partial charge in [0.15, 0.2) is 0 Å². The number of benzene rings is 1. The molecule has 2 fully saturated rings. The number of carbonyl (C=O) groups excluding carboxylic acids is 2. The lowest BCUT2D eigenvalue weighted by atomic mass is 10.1. The van der Waals surface area contributed by atoms with Gasteiger partial charge in [0.05, 0.1) is 0 Å². The summed E-state index contributed by atoms with van der Waals surface area (Å²) in [5.74, 6) is 0.687. The number of nitrogens with one attached hydrogen (secondary N) is 1. The summed E-state index contributed by atoms with van der Waals surface area (Å²) in [4.78, 5) is 29.2. The average Bonchev–Trinajstić information content (AvgIpc) is 3.16. The third-order valence-electron chi connectivity index (χ3n) is 5.46. The van der Waals surface area contributed by atoms with Crippen LogP contribution in [0, 0.1) is 5.92 Å². The van der Waals surface area contributed by atoms with Gasteiger partial charge in [0.25, 0.3) is 5.91 Å². The fraction of sp³-hybridized carbons (Fsp3) is 0.619. The summed E-state index contributed by atoms with van der Waals surface area (Å²) in [5, 5.41) is 2.87. The Balaban J connectivity index is 1.79. The van der Waals surface area contributed by atoms with Crippen molar-refractivity contribution in [3.05, 3.63) is 29.8 Å². The van der Waals surface area contributed by atoms with Crippen LogP contribution in [0.1, 0.15) is 62.7 Å². The predicted octanol–water partition coefficient (Wildman–Crippen LogP) is 4.04. The maximum absolute atomic E-state index is 13.3. The van der Waals surface area contributed by atoms with Crippen LogP contribution in [-0.2, 0) is 0 Å². The van der Waals surface area contributed by atoms with E-state index in [0.29, 0.717) is 24.1 Å². The van der Waals surface area contributed by atoms with Crippen molar-refractivity contribution in [1.82, 2.24) is 10.2 Å². The minimum atomic E-state index is -0.0756. The molecule has 3 rings (SSSR count). The van der Waals surface area contributed by atoms with Crippen LogP contribution in [0.15, 0.2) is 24.3 Å². The normalized spacial score (nSPS) is 18.3. The van der Waals surface area contributed by atoms with Gasteiger partial charge in [0, 0.05) is 36.9 Å². The van der Waals surface area contributed by atoms with E-state index in [9.17, 15) is 9.59 Å². The van der Waals surface area contributed by atoms with Gasteiger partial charge in [0.1, 0.15) is 0 Å². The van der Waals surface area contributed by atoms with Crippen molar-refractivity contribution in [2.45, 2.75) is 58.4 Å². The molecule has 1 aliphatic heterocycles. The Hall–Kier alpha value is -2.04. The Bertz CT molecular complexity index is 638. The van der Waals surface area contributed by atoms with Crippen molar-refractivity contribution in [3.63, 3.8) is 0 Å². The smallest absolute Gasteiger partial charge is 0.321 e. The Morgan fingerprint density at radius 1 is 1.27 bits per heavy atom. The highest BCUT2D eigenvalue weighted by Gasteiger charge is 2.28. The SMILES string of the molecule is CC(C)CCN(C(=O)c1cccc(N2CCCNC2=O)c1)C1CCCC1.